The second-order valence-electron chi connectivity index (χ2n) is 8.59. The predicted molar refractivity (Wildman–Crippen MR) is 133 cm³/mol. The average Bonchev–Trinajstić information content (AvgIpc) is 2.86. The summed E-state index contributed by atoms with van der Waals surface area (Å²) in [6.45, 7) is 5.44. The van der Waals surface area contributed by atoms with Gasteiger partial charge in [-0.05, 0) is 61.1 Å². The first-order valence-corrected chi connectivity index (χ1v) is 11.6. The van der Waals surface area contributed by atoms with Crippen LogP contribution in [-0.2, 0) is 4.79 Å². The molecule has 8 nitrogen and oxygen atoms in total. The number of anilines is 1. The van der Waals surface area contributed by atoms with Crippen LogP contribution in [0.1, 0.15) is 38.7 Å². The molecule has 1 aliphatic heterocycles. The van der Waals surface area contributed by atoms with Crippen LogP contribution in [0, 0.1) is 5.92 Å². The van der Waals surface area contributed by atoms with E-state index in [4.69, 9.17) is 18.9 Å². The molecule has 1 heterocycles. The predicted octanol–water partition coefficient (Wildman–Crippen LogP) is 4.57. The van der Waals surface area contributed by atoms with E-state index in [2.05, 4.69) is 24.3 Å². The molecule has 0 saturated carbocycles. The van der Waals surface area contributed by atoms with Gasteiger partial charge in [0.2, 0.25) is 5.91 Å². The minimum Gasteiger partial charge on any atom is -0.493 e. The third kappa shape index (κ3) is 6.56. The number of nitrogens with one attached hydrogen (secondary N) is 1. The van der Waals surface area contributed by atoms with E-state index >= 15 is 0 Å². The van der Waals surface area contributed by atoms with Gasteiger partial charge in [-0.2, -0.15) is 5.10 Å². The van der Waals surface area contributed by atoms with E-state index < -0.39 is 0 Å². The molecule has 0 spiro atoms. The zero-order valence-corrected chi connectivity index (χ0v) is 20.7. The number of carbonyl (C=O) groups is 1. The van der Waals surface area contributed by atoms with Crippen molar-refractivity contribution in [2.24, 2.45) is 11.0 Å². The molecule has 2 aromatic rings. The number of benzene rings is 2. The number of carbonyl (C=O) groups excluding carboxylic acids is 1. The van der Waals surface area contributed by atoms with Gasteiger partial charge in [-0.25, -0.2) is 0 Å². The normalized spacial score (nSPS) is 15.9. The van der Waals surface area contributed by atoms with Crippen molar-refractivity contribution in [1.82, 2.24) is 5.01 Å². The van der Waals surface area contributed by atoms with Crippen molar-refractivity contribution in [2.45, 2.75) is 39.2 Å². The van der Waals surface area contributed by atoms with Gasteiger partial charge in [0.1, 0.15) is 6.04 Å². The number of hydrogen-bond donors (Lipinski definition) is 1. The lowest BCUT2D eigenvalue weighted by Gasteiger charge is -2.32. The molecule has 184 valence electrons. The summed E-state index contributed by atoms with van der Waals surface area (Å²) in [4.78, 5) is 13.2. The van der Waals surface area contributed by atoms with E-state index in [0.717, 1.165) is 24.8 Å². The number of methoxy groups -OCH3 is 3. The highest BCUT2D eigenvalue weighted by Crippen LogP contribution is 2.31. The van der Waals surface area contributed by atoms with Gasteiger partial charge in [-0.15, -0.1) is 0 Å². The quantitative estimate of drug-likeness (QED) is 0.513. The summed E-state index contributed by atoms with van der Waals surface area (Å²) in [5, 5.41) is 9.51. The molecule has 1 atom stereocenters. The molecule has 1 unspecified atom stereocenters. The standard InChI is InChI=1S/C26H35N3O5/c1-18(2)17-34-25-15-20(10-12-23(25)32-4)28-26(30)21-8-6-7-13-29(21)27-16-19-9-11-22(31-3)24(14-19)33-5/h9-12,14-16,18,21H,6-8,13,17H2,1-5H3,(H,28,30)/b27-16+. The van der Waals surface area contributed by atoms with Gasteiger partial charge in [0.05, 0.1) is 34.2 Å². The van der Waals surface area contributed by atoms with Gasteiger partial charge in [-0.1, -0.05) is 13.8 Å². The van der Waals surface area contributed by atoms with E-state index in [-0.39, 0.29) is 11.9 Å². The van der Waals surface area contributed by atoms with Crippen LogP contribution in [-0.4, -0.2) is 57.7 Å². The van der Waals surface area contributed by atoms with Crippen LogP contribution in [0.25, 0.3) is 0 Å². The Bertz CT molecular complexity index is 992. The average molecular weight is 470 g/mol. The fourth-order valence-corrected chi connectivity index (χ4v) is 3.74. The number of amides is 1. The van der Waals surface area contributed by atoms with E-state index in [1.165, 1.54) is 0 Å². The lowest BCUT2D eigenvalue weighted by molar-refractivity contribution is -0.122. The van der Waals surface area contributed by atoms with Crippen LogP contribution >= 0.6 is 0 Å². The third-order valence-electron chi connectivity index (χ3n) is 5.54. The Morgan fingerprint density at radius 3 is 2.44 bits per heavy atom. The Morgan fingerprint density at radius 2 is 1.74 bits per heavy atom. The first-order chi connectivity index (χ1) is 16.4. The van der Waals surface area contributed by atoms with E-state index in [1.54, 1.807) is 39.7 Å². The second-order valence-corrected chi connectivity index (χ2v) is 8.59. The smallest absolute Gasteiger partial charge is 0.248 e. The van der Waals surface area contributed by atoms with E-state index in [9.17, 15) is 4.79 Å². The molecule has 1 aliphatic rings. The number of rotatable bonds is 10. The Hall–Kier alpha value is -3.42. The lowest BCUT2D eigenvalue weighted by atomic mass is 10.0. The van der Waals surface area contributed by atoms with Crippen LogP contribution in [0.3, 0.4) is 0 Å². The number of ether oxygens (including phenoxy) is 4. The van der Waals surface area contributed by atoms with Crippen molar-refractivity contribution in [2.75, 3.05) is 39.8 Å². The molecule has 1 saturated heterocycles. The second kappa shape index (κ2) is 12.2. The zero-order valence-electron chi connectivity index (χ0n) is 20.7. The Balaban J connectivity index is 1.72. The molecule has 1 N–H and O–H groups in total. The van der Waals surface area contributed by atoms with Gasteiger partial charge in [0.25, 0.3) is 0 Å². The Kier molecular flexibility index (Phi) is 9.01. The summed E-state index contributed by atoms with van der Waals surface area (Å²) in [5.41, 5.74) is 1.53. The van der Waals surface area contributed by atoms with Gasteiger partial charge in [0.15, 0.2) is 23.0 Å². The molecule has 0 aliphatic carbocycles. The van der Waals surface area contributed by atoms with Crippen molar-refractivity contribution in [3.05, 3.63) is 42.0 Å². The maximum atomic E-state index is 13.2. The number of piperidine rings is 1. The molecule has 3 rings (SSSR count). The largest absolute Gasteiger partial charge is 0.493 e. The van der Waals surface area contributed by atoms with Gasteiger partial charge in [0, 0.05) is 18.3 Å². The molecule has 1 amide bonds. The van der Waals surface area contributed by atoms with Crippen molar-refractivity contribution in [1.29, 1.82) is 0 Å². The monoisotopic (exact) mass is 469 g/mol. The maximum Gasteiger partial charge on any atom is 0.248 e. The molecule has 1 fully saturated rings. The molecule has 0 radical (unpaired) electrons. The molecule has 34 heavy (non-hydrogen) atoms. The minimum absolute atomic E-state index is 0.0934. The van der Waals surface area contributed by atoms with Crippen molar-refractivity contribution in [3.63, 3.8) is 0 Å². The SMILES string of the molecule is COc1ccc(/C=N/N2CCCCC2C(=O)Nc2ccc(OC)c(OCC(C)C)c2)cc1OC. The van der Waals surface area contributed by atoms with Gasteiger partial charge >= 0.3 is 0 Å². The van der Waals surface area contributed by atoms with Gasteiger partial charge < -0.3 is 24.3 Å². The van der Waals surface area contributed by atoms with E-state index in [1.807, 2.05) is 29.3 Å². The van der Waals surface area contributed by atoms with Crippen molar-refractivity contribution < 1.29 is 23.7 Å². The molecular formula is C26H35N3O5. The minimum atomic E-state index is -0.354. The molecule has 2 aromatic carbocycles. The highest BCUT2D eigenvalue weighted by atomic mass is 16.5. The first kappa shape index (κ1) is 25.2. The fraction of sp³-hybridized carbons (Fsp3) is 0.462. The summed E-state index contributed by atoms with van der Waals surface area (Å²) < 4.78 is 21.9. The molecule has 0 aromatic heterocycles. The summed E-state index contributed by atoms with van der Waals surface area (Å²) in [6.07, 6.45) is 4.45. The van der Waals surface area contributed by atoms with Crippen molar-refractivity contribution >= 4 is 17.8 Å². The number of hydrogen-bond acceptors (Lipinski definition) is 7. The topological polar surface area (TPSA) is 81.6 Å². The van der Waals surface area contributed by atoms with Crippen LogP contribution in [0.15, 0.2) is 41.5 Å². The molecule has 8 heteroatoms. The highest BCUT2D eigenvalue weighted by molar-refractivity contribution is 5.95. The van der Waals surface area contributed by atoms with Crippen LogP contribution in [0.2, 0.25) is 0 Å². The van der Waals surface area contributed by atoms with Crippen molar-refractivity contribution in [3.8, 4) is 23.0 Å². The Labute approximate surface area is 201 Å². The van der Waals surface area contributed by atoms with Crippen LogP contribution in [0.5, 0.6) is 23.0 Å². The summed E-state index contributed by atoms with van der Waals surface area (Å²) >= 11 is 0. The zero-order chi connectivity index (χ0) is 24.5. The van der Waals surface area contributed by atoms with E-state index in [0.29, 0.717) is 47.8 Å². The summed E-state index contributed by atoms with van der Waals surface area (Å²) in [5.74, 6) is 2.82. The fourth-order valence-electron chi connectivity index (χ4n) is 3.74. The lowest BCUT2D eigenvalue weighted by Crippen LogP contribution is -2.44. The molecular weight excluding hydrogens is 434 g/mol. The highest BCUT2D eigenvalue weighted by Gasteiger charge is 2.28. The first-order valence-electron chi connectivity index (χ1n) is 11.6. The number of hydrazone groups is 1. The summed E-state index contributed by atoms with van der Waals surface area (Å²) in [6, 6.07) is 10.7. The third-order valence-corrected chi connectivity index (χ3v) is 5.54. The van der Waals surface area contributed by atoms with Gasteiger partial charge in [-0.3, -0.25) is 9.80 Å². The summed E-state index contributed by atoms with van der Waals surface area (Å²) in [7, 11) is 4.80. The van der Waals surface area contributed by atoms with Crippen LogP contribution < -0.4 is 24.3 Å². The Morgan fingerprint density at radius 1 is 1.03 bits per heavy atom. The molecule has 0 bridgehead atoms. The maximum absolute atomic E-state index is 13.2. The van der Waals surface area contributed by atoms with Crippen LogP contribution in [0.4, 0.5) is 5.69 Å². The number of nitrogens with zero attached hydrogens (tertiary/aromatic N) is 2.